The number of carbonyl (C=O) groups excluding carboxylic acids is 2. The maximum absolute atomic E-state index is 13.8. The number of fused-ring (bicyclic) bond motifs is 3. The molecule has 8 heteroatoms. The molecule has 2 aromatic carbocycles. The Bertz CT molecular complexity index is 1490. The number of anilines is 1. The summed E-state index contributed by atoms with van der Waals surface area (Å²) in [4.78, 5) is 41.5. The van der Waals surface area contributed by atoms with Gasteiger partial charge in [-0.25, -0.2) is 0 Å². The number of amides is 2. The van der Waals surface area contributed by atoms with Gasteiger partial charge in [-0.15, -0.1) is 0 Å². The summed E-state index contributed by atoms with van der Waals surface area (Å²) in [7, 11) is 1.62. The number of aromatic nitrogens is 2. The maximum Gasteiger partial charge on any atom is 0.253 e. The molecule has 2 aliphatic heterocycles. The summed E-state index contributed by atoms with van der Waals surface area (Å²) < 4.78 is 0. The summed E-state index contributed by atoms with van der Waals surface area (Å²) in [6, 6.07) is 13.6. The molecule has 0 unspecified atom stereocenters. The van der Waals surface area contributed by atoms with Gasteiger partial charge in [0, 0.05) is 56.4 Å². The highest BCUT2D eigenvalue weighted by Crippen LogP contribution is 2.40. The van der Waals surface area contributed by atoms with E-state index in [1.54, 1.807) is 30.6 Å². The third-order valence-electron chi connectivity index (χ3n) is 7.21. The molecule has 8 nitrogen and oxygen atoms in total. The largest absolute Gasteiger partial charge is 0.381 e. The Morgan fingerprint density at radius 3 is 2.78 bits per heavy atom. The Morgan fingerprint density at radius 1 is 1.08 bits per heavy atom. The van der Waals surface area contributed by atoms with E-state index in [2.05, 4.69) is 37.7 Å². The van der Waals surface area contributed by atoms with E-state index < -0.39 is 6.04 Å². The van der Waals surface area contributed by atoms with Crippen LogP contribution in [-0.2, 0) is 16.0 Å². The van der Waals surface area contributed by atoms with Gasteiger partial charge >= 0.3 is 0 Å². The van der Waals surface area contributed by atoms with E-state index in [0.717, 1.165) is 28.7 Å². The van der Waals surface area contributed by atoms with Crippen LogP contribution in [0, 0.1) is 0 Å². The number of hydrogen-bond acceptors (Lipinski definition) is 6. The van der Waals surface area contributed by atoms with Crippen molar-refractivity contribution in [3.63, 3.8) is 0 Å². The lowest BCUT2D eigenvalue weighted by Gasteiger charge is -2.36. The van der Waals surface area contributed by atoms with Crippen LogP contribution in [0.25, 0.3) is 16.6 Å². The molecule has 0 bridgehead atoms. The highest BCUT2D eigenvalue weighted by atomic mass is 16.2. The van der Waals surface area contributed by atoms with Gasteiger partial charge in [0.05, 0.1) is 17.6 Å². The second-order valence-corrected chi connectivity index (χ2v) is 9.27. The van der Waals surface area contributed by atoms with Crippen LogP contribution in [0.2, 0.25) is 0 Å². The van der Waals surface area contributed by atoms with E-state index >= 15 is 0 Å². The van der Waals surface area contributed by atoms with Crippen molar-refractivity contribution in [2.24, 2.45) is 4.99 Å². The first-order valence-corrected chi connectivity index (χ1v) is 12.1. The quantitative estimate of drug-likeness (QED) is 0.588. The van der Waals surface area contributed by atoms with Crippen LogP contribution in [0.1, 0.15) is 17.5 Å². The zero-order valence-electron chi connectivity index (χ0n) is 20.0. The molecule has 3 heterocycles. The van der Waals surface area contributed by atoms with E-state index in [4.69, 9.17) is 0 Å². The van der Waals surface area contributed by atoms with Crippen molar-refractivity contribution in [3.05, 3.63) is 82.7 Å². The third-order valence-corrected chi connectivity index (χ3v) is 7.21. The molecule has 2 amide bonds. The molecule has 3 aliphatic rings. The molecule has 0 fully saturated rings. The molecule has 1 aromatic heterocycles. The predicted octanol–water partition coefficient (Wildman–Crippen LogP) is 2.78. The van der Waals surface area contributed by atoms with Gasteiger partial charge in [0.15, 0.2) is 0 Å². The molecule has 1 aliphatic carbocycles. The van der Waals surface area contributed by atoms with Crippen LogP contribution in [0.5, 0.6) is 0 Å². The summed E-state index contributed by atoms with van der Waals surface area (Å²) in [5.41, 5.74) is 8.90. The number of hydrogen-bond donors (Lipinski definition) is 2. The zero-order valence-corrected chi connectivity index (χ0v) is 20.0. The van der Waals surface area contributed by atoms with Crippen LogP contribution in [0.15, 0.2) is 76.6 Å². The Labute approximate surface area is 208 Å². The number of nitrogens with zero attached hydrogens (tertiary/aromatic N) is 4. The fourth-order valence-electron chi connectivity index (χ4n) is 5.36. The topological polar surface area (TPSA) is 99.6 Å². The second kappa shape index (κ2) is 9.03. The number of rotatable bonds is 5. The van der Waals surface area contributed by atoms with Crippen LogP contribution >= 0.6 is 0 Å². The Kier molecular flexibility index (Phi) is 5.56. The molecule has 36 heavy (non-hydrogen) atoms. The van der Waals surface area contributed by atoms with Gasteiger partial charge in [0.2, 0.25) is 5.91 Å². The Morgan fingerprint density at radius 2 is 1.92 bits per heavy atom. The lowest BCUT2D eigenvalue weighted by molar-refractivity contribution is -0.137. The molecule has 2 N–H and O–H groups in total. The van der Waals surface area contributed by atoms with Crippen molar-refractivity contribution in [2.45, 2.75) is 18.9 Å². The fraction of sp³-hybridized carbons (Fsp3) is 0.250. The van der Waals surface area contributed by atoms with Gasteiger partial charge in [-0.3, -0.25) is 24.5 Å². The molecule has 0 saturated heterocycles. The highest BCUT2D eigenvalue weighted by Gasteiger charge is 2.39. The molecule has 0 radical (unpaired) electrons. The number of carbonyl (C=O) groups is 2. The van der Waals surface area contributed by atoms with Crippen molar-refractivity contribution in [3.8, 4) is 0 Å². The van der Waals surface area contributed by atoms with Crippen LogP contribution in [-0.4, -0.2) is 65.6 Å². The minimum absolute atomic E-state index is 0.121. The van der Waals surface area contributed by atoms with Crippen molar-refractivity contribution >= 4 is 40.3 Å². The normalized spacial score (nSPS) is 18.5. The minimum atomic E-state index is -0.547. The highest BCUT2D eigenvalue weighted by molar-refractivity contribution is 6.05. The number of benzene rings is 2. The molecule has 6 rings (SSSR count). The van der Waals surface area contributed by atoms with Crippen molar-refractivity contribution in [2.75, 3.05) is 32.0 Å². The SMILES string of the molecule is CNC(=O)[C@H]1CC2=C(Cc3ccccc32)CN1C(=O)C1=C(CNc2ccc3nccnc3c2)C=NC1. The Hall–Kier alpha value is -4.33. The van der Waals surface area contributed by atoms with Gasteiger partial charge < -0.3 is 15.5 Å². The minimum Gasteiger partial charge on any atom is -0.381 e. The van der Waals surface area contributed by atoms with E-state index in [1.807, 2.05) is 30.3 Å². The van der Waals surface area contributed by atoms with Crippen molar-refractivity contribution < 1.29 is 9.59 Å². The average molecular weight is 479 g/mol. The van der Waals surface area contributed by atoms with Crippen LogP contribution in [0.4, 0.5) is 5.69 Å². The number of aliphatic imine (C=N–C) groups is 1. The van der Waals surface area contributed by atoms with Gasteiger partial charge in [-0.05, 0) is 52.5 Å². The smallest absolute Gasteiger partial charge is 0.253 e. The van der Waals surface area contributed by atoms with E-state index in [9.17, 15) is 9.59 Å². The molecular formula is C28H26N6O2. The van der Waals surface area contributed by atoms with Crippen LogP contribution in [0.3, 0.4) is 0 Å². The molecule has 180 valence electrons. The van der Waals surface area contributed by atoms with Crippen molar-refractivity contribution in [1.29, 1.82) is 0 Å². The van der Waals surface area contributed by atoms with Gasteiger partial charge in [0.1, 0.15) is 6.04 Å². The third kappa shape index (κ3) is 3.84. The number of likely N-dealkylation sites (N-methyl/N-ethyl adjacent to an activating group) is 1. The predicted molar refractivity (Wildman–Crippen MR) is 140 cm³/mol. The monoisotopic (exact) mass is 478 g/mol. The fourth-order valence-corrected chi connectivity index (χ4v) is 5.36. The van der Waals surface area contributed by atoms with Crippen LogP contribution < -0.4 is 10.6 Å². The maximum atomic E-state index is 13.8. The van der Waals surface area contributed by atoms with E-state index in [1.165, 1.54) is 22.3 Å². The van der Waals surface area contributed by atoms with E-state index in [-0.39, 0.29) is 11.8 Å². The standard InChI is InChI=1S/C28H26N6O2/c1-29-27(35)26-12-22-18(10-17-4-2-3-5-21(17)22)16-34(26)28(36)23-15-30-13-19(23)14-33-20-6-7-24-25(11-20)32-9-8-31-24/h2-9,11,13,26,33H,10,12,14-16H2,1H3,(H,29,35)/t26-/m1/s1. The number of nitrogens with one attached hydrogen (secondary N) is 2. The molecule has 1 atom stereocenters. The van der Waals surface area contributed by atoms with Gasteiger partial charge in [0.25, 0.3) is 5.91 Å². The molecule has 0 spiro atoms. The first-order chi connectivity index (χ1) is 17.6. The summed E-state index contributed by atoms with van der Waals surface area (Å²) in [5, 5.41) is 6.14. The summed E-state index contributed by atoms with van der Waals surface area (Å²) >= 11 is 0. The van der Waals surface area contributed by atoms with Gasteiger partial charge in [-0.1, -0.05) is 24.3 Å². The summed E-state index contributed by atoms with van der Waals surface area (Å²) in [6.45, 7) is 1.23. The second-order valence-electron chi connectivity index (χ2n) is 9.27. The lowest BCUT2D eigenvalue weighted by atomic mass is 9.92. The van der Waals surface area contributed by atoms with Crippen molar-refractivity contribution in [1.82, 2.24) is 20.2 Å². The van der Waals surface area contributed by atoms with E-state index in [0.29, 0.717) is 31.6 Å². The molecule has 0 saturated carbocycles. The first-order valence-electron chi connectivity index (χ1n) is 12.1. The van der Waals surface area contributed by atoms with Gasteiger partial charge in [-0.2, -0.15) is 0 Å². The molecular weight excluding hydrogens is 452 g/mol. The lowest BCUT2D eigenvalue weighted by Crippen LogP contribution is -2.52. The molecule has 3 aromatic rings. The zero-order chi connectivity index (χ0) is 24.6. The summed E-state index contributed by atoms with van der Waals surface area (Å²) in [5.74, 6) is -0.263. The summed E-state index contributed by atoms with van der Waals surface area (Å²) in [6.07, 6.45) is 6.45. The Balaban J connectivity index is 1.25. The average Bonchev–Trinajstić information content (AvgIpc) is 3.54. The first kappa shape index (κ1) is 22.2.